The monoisotopic (exact) mass is 174 g/mol. The van der Waals surface area contributed by atoms with E-state index in [0.29, 0.717) is 6.54 Å². The van der Waals surface area contributed by atoms with Crippen molar-refractivity contribution in [1.29, 1.82) is 0 Å². The zero-order chi connectivity index (χ0) is 8.67. The molecule has 6 nitrogen and oxygen atoms in total. The Hall–Kier alpha value is -1.98. The van der Waals surface area contributed by atoms with Gasteiger partial charge in [-0.3, -0.25) is 4.68 Å². The molecule has 3 heterocycles. The Morgan fingerprint density at radius 2 is 2.38 bits per heavy atom. The highest BCUT2D eigenvalue weighted by Crippen LogP contribution is 2.16. The van der Waals surface area contributed by atoms with E-state index >= 15 is 0 Å². The predicted molar refractivity (Wildman–Crippen MR) is 45.1 cm³/mol. The normalized spacial score (nSPS) is 13.5. The Kier molecular flexibility index (Phi) is 1.13. The van der Waals surface area contributed by atoms with Crippen molar-refractivity contribution in [2.24, 2.45) is 5.10 Å². The molecule has 0 aliphatic carbocycles. The van der Waals surface area contributed by atoms with E-state index in [1.807, 2.05) is 10.7 Å². The van der Waals surface area contributed by atoms with Crippen LogP contribution in [0.3, 0.4) is 0 Å². The molecule has 1 aliphatic heterocycles. The summed E-state index contributed by atoms with van der Waals surface area (Å²) < 4.78 is 3.47. The maximum atomic E-state index is 4.14. The molecular weight excluding hydrogens is 168 g/mol. The molecule has 0 unspecified atom stereocenters. The van der Waals surface area contributed by atoms with Crippen molar-refractivity contribution >= 4 is 6.21 Å². The van der Waals surface area contributed by atoms with E-state index < -0.39 is 0 Å². The fraction of sp³-hybridized carbons (Fsp3) is 0.143. The quantitative estimate of drug-likeness (QED) is 0.564. The van der Waals surface area contributed by atoms with Crippen molar-refractivity contribution < 1.29 is 0 Å². The molecule has 0 N–H and O–H groups in total. The van der Waals surface area contributed by atoms with Gasteiger partial charge < -0.3 is 0 Å². The molecule has 3 rings (SSSR count). The standard InChI is InChI=1S/C7H6N6/c1-2-9-12-4-3-10-13-5-8-11-7(13)6(1)12/h1-3,5H,4H2. The minimum Gasteiger partial charge on any atom is -0.256 e. The number of fused-ring (bicyclic) bond motifs is 3. The molecule has 0 saturated heterocycles. The highest BCUT2D eigenvalue weighted by Gasteiger charge is 2.13. The summed E-state index contributed by atoms with van der Waals surface area (Å²) in [5.74, 6) is 0.728. The van der Waals surface area contributed by atoms with Gasteiger partial charge >= 0.3 is 0 Å². The summed E-state index contributed by atoms with van der Waals surface area (Å²) in [7, 11) is 0. The number of hydrogen-bond acceptors (Lipinski definition) is 4. The molecule has 64 valence electrons. The lowest BCUT2D eigenvalue weighted by atomic mass is 10.4. The minimum absolute atomic E-state index is 0.672. The molecule has 6 heteroatoms. The summed E-state index contributed by atoms with van der Waals surface area (Å²) in [6.45, 7) is 0.672. The van der Waals surface area contributed by atoms with Gasteiger partial charge in [0.1, 0.15) is 12.0 Å². The Labute approximate surface area is 73.5 Å². The lowest BCUT2D eigenvalue weighted by Gasteiger charge is -1.97. The third kappa shape index (κ3) is 0.821. The Balaban J connectivity index is 2.34. The van der Waals surface area contributed by atoms with Gasteiger partial charge in [-0.15, -0.1) is 10.2 Å². The molecule has 13 heavy (non-hydrogen) atoms. The first-order valence-electron chi connectivity index (χ1n) is 3.90. The second-order valence-corrected chi connectivity index (χ2v) is 2.70. The van der Waals surface area contributed by atoms with Gasteiger partial charge in [0.2, 0.25) is 5.82 Å². The molecule has 0 saturated carbocycles. The van der Waals surface area contributed by atoms with Crippen LogP contribution in [0.25, 0.3) is 11.5 Å². The number of aromatic nitrogens is 5. The second kappa shape index (κ2) is 2.25. The van der Waals surface area contributed by atoms with E-state index in [1.165, 1.54) is 0 Å². The maximum Gasteiger partial charge on any atom is 0.202 e. The van der Waals surface area contributed by atoms with Crippen LogP contribution in [0.2, 0.25) is 0 Å². The molecule has 0 atom stereocenters. The van der Waals surface area contributed by atoms with E-state index in [2.05, 4.69) is 20.4 Å². The zero-order valence-corrected chi connectivity index (χ0v) is 6.70. The molecule has 0 radical (unpaired) electrons. The fourth-order valence-corrected chi connectivity index (χ4v) is 1.35. The van der Waals surface area contributed by atoms with Crippen LogP contribution in [0.5, 0.6) is 0 Å². The summed E-state index contributed by atoms with van der Waals surface area (Å²) in [4.78, 5) is 0. The zero-order valence-electron chi connectivity index (χ0n) is 6.70. The van der Waals surface area contributed by atoms with Crippen molar-refractivity contribution in [3.8, 4) is 11.5 Å². The van der Waals surface area contributed by atoms with Crippen molar-refractivity contribution in [1.82, 2.24) is 24.7 Å². The van der Waals surface area contributed by atoms with Crippen LogP contribution in [0, 0.1) is 0 Å². The van der Waals surface area contributed by atoms with E-state index in [0.717, 1.165) is 11.5 Å². The van der Waals surface area contributed by atoms with E-state index in [9.17, 15) is 0 Å². The average molecular weight is 174 g/mol. The third-order valence-electron chi connectivity index (χ3n) is 1.94. The predicted octanol–water partition coefficient (Wildman–Crippen LogP) is -0.0109. The lowest BCUT2D eigenvalue weighted by Crippen LogP contribution is -2.01. The van der Waals surface area contributed by atoms with Crippen LogP contribution >= 0.6 is 0 Å². The number of nitrogens with zero attached hydrogens (tertiary/aromatic N) is 6. The van der Waals surface area contributed by atoms with Gasteiger partial charge in [-0.05, 0) is 6.07 Å². The highest BCUT2D eigenvalue weighted by atomic mass is 15.5. The SMILES string of the molecule is C1=Nn2cnnc2-c2ccnn2C1. The van der Waals surface area contributed by atoms with E-state index in [4.69, 9.17) is 0 Å². The molecular formula is C7H6N6. The smallest absolute Gasteiger partial charge is 0.202 e. The number of hydrogen-bond donors (Lipinski definition) is 0. The van der Waals surface area contributed by atoms with Crippen molar-refractivity contribution in [2.45, 2.75) is 6.54 Å². The molecule has 2 aromatic rings. The first-order chi connectivity index (χ1) is 6.45. The van der Waals surface area contributed by atoms with Crippen LogP contribution in [0.1, 0.15) is 0 Å². The van der Waals surface area contributed by atoms with Crippen molar-refractivity contribution in [3.05, 3.63) is 18.6 Å². The summed E-state index contributed by atoms with van der Waals surface area (Å²) >= 11 is 0. The van der Waals surface area contributed by atoms with E-state index in [-0.39, 0.29) is 0 Å². The van der Waals surface area contributed by atoms with Crippen LogP contribution in [0.15, 0.2) is 23.7 Å². The molecule has 0 bridgehead atoms. The topological polar surface area (TPSA) is 60.9 Å². The summed E-state index contributed by atoms with van der Waals surface area (Å²) in [6, 6.07) is 1.90. The largest absolute Gasteiger partial charge is 0.256 e. The van der Waals surface area contributed by atoms with Gasteiger partial charge in [0.25, 0.3) is 0 Å². The molecule has 0 fully saturated rings. The molecule has 2 aromatic heterocycles. The van der Waals surface area contributed by atoms with Crippen molar-refractivity contribution in [2.75, 3.05) is 0 Å². The summed E-state index contributed by atoms with van der Waals surface area (Å²) in [5.41, 5.74) is 0.940. The summed E-state index contributed by atoms with van der Waals surface area (Å²) in [5, 5.41) is 16.0. The molecule has 0 aromatic carbocycles. The van der Waals surface area contributed by atoms with Gasteiger partial charge in [-0.2, -0.15) is 14.9 Å². The minimum atomic E-state index is 0.672. The highest BCUT2D eigenvalue weighted by molar-refractivity contribution is 5.62. The first kappa shape index (κ1) is 6.53. The average Bonchev–Trinajstić information content (AvgIpc) is 2.72. The van der Waals surface area contributed by atoms with Crippen LogP contribution in [-0.2, 0) is 6.54 Å². The van der Waals surface area contributed by atoms with Crippen LogP contribution in [-0.4, -0.2) is 30.9 Å². The number of rotatable bonds is 0. The first-order valence-corrected chi connectivity index (χ1v) is 3.90. The lowest BCUT2D eigenvalue weighted by molar-refractivity contribution is 0.739. The summed E-state index contributed by atoms with van der Waals surface area (Å²) in [6.07, 6.45) is 5.10. The van der Waals surface area contributed by atoms with Gasteiger partial charge in [0.15, 0.2) is 0 Å². The second-order valence-electron chi connectivity index (χ2n) is 2.70. The van der Waals surface area contributed by atoms with Crippen LogP contribution < -0.4 is 0 Å². The van der Waals surface area contributed by atoms with Gasteiger partial charge in [0.05, 0.1) is 6.54 Å². The maximum absolute atomic E-state index is 4.14. The Morgan fingerprint density at radius 3 is 3.38 bits per heavy atom. The molecule has 0 spiro atoms. The third-order valence-corrected chi connectivity index (χ3v) is 1.94. The van der Waals surface area contributed by atoms with Gasteiger partial charge in [0, 0.05) is 12.4 Å². The van der Waals surface area contributed by atoms with E-state index in [1.54, 1.807) is 23.4 Å². The fourth-order valence-electron chi connectivity index (χ4n) is 1.35. The van der Waals surface area contributed by atoms with Crippen molar-refractivity contribution in [3.63, 3.8) is 0 Å². The van der Waals surface area contributed by atoms with Gasteiger partial charge in [-0.1, -0.05) is 0 Å². The molecule has 1 aliphatic rings. The Morgan fingerprint density at radius 1 is 1.38 bits per heavy atom. The van der Waals surface area contributed by atoms with Gasteiger partial charge in [-0.25, -0.2) is 0 Å². The molecule has 0 amide bonds. The Bertz CT molecular complexity index is 465. The van der Waals surface area contributed by atoms with Crippen LogP contribution in [0.4, 0.5) is 0 Å².